The lowest BCUT2D eigenvalue weighted by molar-refractivity contribution is -0.140. The molecule has 4 aliphatic rings. The molecule has 1 aliphatic carbocycles. The van der Waals surface area contributed by atoms with Gasteiger partial charge in [-0.1, -0.05) is 0 Å². The Balaban J connectivity index is 0.00000121. The molecule has 1 N–H and O–H groups in total. The van der Waals surface area contributed by atoms with Crippen LogP contribution in [0.1, 0.15) is 32.1 Å². The van der Waals surface area contributed by atoms with Crippen LogP contribution in [0, 0.1) is 11.8 Å². The summed E-state index contributed by atoms with van der Waals surface area (Å²) in [5.74, 6) is 1.44. The second-order valence-corrected chi connectivity index (χ2v) is 6.87. The standard InChI is InChI=1S/C15H25N3O.ClH/c19-15(12-8-16-9-12)17-7-5-14-11(10-17)2-1-6-18(14)13-3-4-13;/h11-14,16H,1-10H2;1H. The molecule has 0 aromatic rings. The number of likely N-dealkylation sites (tertiary alicyclic amines) is 2. The Morgan fingerprint density at radius 2 is 1.85 bits per heavy atom. The molecule has 1 saturated carbocycles. The predicted octanol–water partition coefficient (Wildman–Crippen LogP) is 1.10. The number of carbonyl (C=O) groups is 1. The zero-order valence-electron chi connectivity index (χ0n) is 12.1. The van der Waals surface area contributed by atoms with Crippen LogP contribution in [0.4, 0.5) is 0 Å². The number of nitrogens with one attached hydrogen (secondary N) is 1. The fourth-order valence-corrected chi connectivity index (χ4v) is 4.22. The van der Waals surface area contributed by atoms with Gasteiger partial charge in [0.15, 0.2) is 0 Å². The number of hydrogen-bond donors (Lipinski definition) is 1. The smallest absolute Gasteiger partial charge is 0.228 e. The molecule has 0 bridgehead atoms. The third kappa shape index (κ3) is 2.58. The van der Waals surface area contributed by atoms with Crippen molar-refractivity contribution in [2.75, 3.05) is 32.7 Å². The molecular formula is C15H26ClN3O. The highest BCUT2D eigenvalue weighted by atomic mass is 35.5. The highest BCUT2D eigenvalue weighted by Crippen LogP contribution is 2.38. The Morgan fingerprint density at radius 1 is 1.05 bits per heavy atom. The summed E-state index contributed by atoms with van der Waals surface area (Å²) in [6, 6.07) is 1.68. The van der Waals surface area contributed by atoms with Gasteiger partial charge in [-0.2, -0.15) is 0 Å². The molecule has 0 spiro atoms. The molecule has 3 saturated heterocycles. The second-order valence-electron chi connectivity index (χ2n) is 6.87. The van der Waals surface area contributed by atoms with E-state index >= 15 is 0 Å². The number of rotatable bonds is 2. The molecular weight excluding hydrogens is 274 g/mol. The van der Waals surface area contributed by atoms with Crippen molar-refractivity contribution in [2.45, 2.75) is 44.2 Å². The minimum Gasteiger partial charge on any atom is -0.342 e. The maximum Gasteiger partial charge on any atom is 0.228 e. The van der Waals surface area contributed by atoms with Crippen molar-refractivity contribution in [3.8, 4) is 0 Å². The molecule has 4 rings (SSSR count). The van der Waals surface area contributed by atoms with Gasteiger partial charge in [0.05, 0.1) is 5.92 Å². The summed E-state index contributed by atoms with van der Waals surface area (Å²) in [6.45, 7) is 5.14. The van der Waals surface area contributed by atoms with Gasteiger partial charge >= 0.3 is 0 Å². The Kier molecular flexibility index (Phi) is 4.25. The van der Waals surface area contributed by atoms with Gasteiger partial charge in [0.1, 0.15) is 0 Å². The second kappa shape index (κ2) is 5.82. The maximum absolute atomic E-state index is 12.4. The van der Waals surface area contributed by atoms with Gasteiger partial charge in [0.2, 0.25) is 5.91 Å². The van der Waals surface area contributed by atoms with Crippen LogP contribution in [0.25, 0.3) is 0 Å². The first kappa shape index (κ1) is 14.6. The van der Waals surface area contributed by atoms with Crippen molar-refractivity contribution in [3.05, 3.63) is 0 Å². The van der Waals surface area contributed by atoms with Crippen LogP contribution in [-0.4, -0.2) is 60.5 Å². The van der Waals surface area contributed by atoms with E-state index in [1.807, 2.05) is 0 Å². The fraction of sp³-hybridized carbons (Fsp3) is 0.933. The molecule has 2 unspecified atom stereocenters. The van der Waals surface area contributed by atoms with Gasteiger partial charge in [0, 0.05) is 38.3 Å². The Bertz CT molecular complexity index is 370. The highest BCUT2D eigenvalue weighted by molar-refractivity contribution is 5.85. The van der Waals surface area contributed by atoms with Crippen molar-refractivity contribution < 1.29 is 4.79 Å². The monoisotopic (exact) mass is 299 g/mol. The van der Waals surface area contributed by atoms with Crippen LogP contribution in [0.15, 0.2) is 0 Å². The van der Waals surface area contributed by atoms with Crippen molar-refractivity contribution >= 4 is 18.3 Å². The van der Waals surface area contributed by atoms with E-state index in [1.165, 1.54) is 38.6 Å². The summed E-state index contributed by atoms with van der Waals surface area (Å²) >= 11 is 0. The lowest BCUT2D eigenvalue weighted by Crippen LogP contribution is -2.59. The number of nitrogens with zero attached hydrogens (tertiary/aromatic N) is 2. The van der Waals surface area contributed by atoms with Crippen molar-refractivity contribution in [1.29, 1.82) is 0 Å². The topological polar surface area (TPSA) is 35.6 Å². The summed E-state index contributed by atoms with van der Waals surface area (Å²) in [5.41, 5.74) is 0. The largest absolute Gasteiger partial charge is 0.342 e. The van der Waals surface area contributed by atoms with Gasteiger partial charge in [-0.3, -0.25) is 9.69 Å². The average Bonchev–Trinajstić information content (AvgIpc) is 3.19. The SMILES string of the molecule is Cl.O=C(C1CNC1)N1CCC2C(CCCN2C2CC2)C1. The van der Waals surface area contributed by atoms with Crippen LogP contribution < -0.4 is 5.32 Å². The summed E-state index contributed by atoms with van der Waals surface area (Å²) < 4.78 is 0. The molecule has 3 heterocycles. The normalized spacial score (nSPS) is 34.9. The van der Waals surface area contributed by atoms with Crippen LogP contribution >= 0.6 is 12.4 Å². The molecule has 3 aliphatic heterocycles. The zero-order valence-corrected chi connectivity index (χ0v) is 12.9. The van der Waals surface area contributed by atoms with Crippen molar-refractivity contribution in [2.24, 2.45) is 11.8 Å². The number of halogens is 1. The van der Waals surface area contributed by atoms with Crippen LogP contribution in [0.2, 0.25) is 0 Å². The van der Waals surface area contributed by atoms with E-state index in [1.54, 1.807) is 0 Å². The lowest BCUT2D eigenvalue weighted by Gasteiger charge is -2.48. The molecule has 4 nitrogen and oxygen atoms in total. The summed E-state index contributed by atoms with van der Waals surface area (Å²) in [7, 11) is 0. The molecule has 114 valence electrons. The molecule has 20 heavy (non-hydrogen) atoms. The maximum atomic E-state index is 12.4. The third-order valence-electron chi connectivity index (χ3n) is 5.57. The molecule has 0 aromatic heterocycles. The van der Waals surface area contributed by atoms with E-state index in [0.29, 0.717) is 5.91 Å². The number of amides is 1. The number of carbonyl (C=O) groups excluding carboxylic acids is 1. The van der Waals surface area contributed by atoms with Crippen LogP contribution in [0.5, 0.6) is 0 Å². The molecule has 0 radical (unpaired) electrons. The van der Waals surface area contributed by atoms with E-state index in [2.05, 4.69) is 15.1 Å². The fourth-order valence-electron chi connectivity index (χ4n) is 4.22. The third-order valence-corrected chi connectivity index (χ3v) is 5.57. The lowest BCUT2D eigenvalue weighted by atomic mass is 9.83. The minimum atomic E-state index is 0. The van der Waals surface area contributed by atoms with Gasteiger partial charge in [-0.05, 0) is 44.6 Å². The molecule has 0 aromatic carbocycles. The van der Waals surface area contributed by atoms with Gasteiger partial charge < -0.3 is 10.2 Å². The zero-order chi connectivity index (χ0) is 12.8. The van der Waals surface area contributed by atoms with E-state index < -0.39 is 0 Å². The highest BCUT2D eigenvalue weighted by Gasteiger charge is 2.43. The average molecular weight is 300 g/mol. The van der Waals surface area contributed by atoms with E-state index in [0.717, 1.165) is 44.2 Å². The summed E-state index contributed by atoms with van der Waals surface area (Å²) in [5, 5.41) is 3.21. The molecule has 2 atom stereocenters. The van der Waals surface area contributed by atoms with Crippen LogP contribution in [-0.2, 0) is 4.79 Å². The first-order valence-corrected chi connectivity index (χ1v) is 8.08. The van der Waals surface area contributed by atoms with E-state index in [9.17, 15) is 4.79 Å². The van der Waals surface area contributed by atoms with Gasteiger partial charge in [-0.15, -0.1) is 12.4 Å². The number of piperidine rings is 2. The van der Waals surface area contributed by atoms with Gasteiger partial charge in [0.25, 0.3) is 0 Å². The van der Waals surface area contributed by atoms with E-state index in [4.69, 9.17) is 0 Å². The molecule has 5 heteroatoms. The minimum absolute atomic E-state index is 0. The molecule has 1 amide bonds. The Labute approximate surface area is 127 Å². The number of fused-ring (bicyclic) bond motifs is 1. The number of hydrogen-bond acceptors (Lipinski definition) is 3. The van der Waals surface area contributed by atoms with Gasteiger partial charge in [-0.25, -0.2) is 0 Å². The molecule has 4 fully saturated rings. The van der Waals surface area contributed by atoms with Crippen molar-refractivity contribution in [3.63, 3.8) is 0 Å². The predicted molar refractivity (Wildman–Crippen MR) is 81.0 cm³/mol. The summed E-state index contributed by atoms with van der Waals surface area (Å²) in [4.78, 5) is 17.3. The van der Waals surface area contributed by atoms with Crippen LogP contribution in [0.3, 0.4) is 0 Å². The Morgan fingerprint density at radius 3 is 2.50 bits per heavy atom. The van der Waals surface area contributed by atoms with Crippen molar-refractivity contribution in [1.82, 2.24) is 15.1 Å². The van der Waals surface area contributed by atoms with E-state index in [-0.39, 0.29) is 18.3 Å². The Hall–Kier alpha value is -0.320. The first-order chi connectivity index (χ1) is 9.33. The summed E-state index contributed by atoms with van der Waals surface area (Å²) in [6.07, 6.45) is 6.72. The quantitative estimate of drug-likeness (QED) is 0.829. The first-order valence-electron chi connectivity index (χ1n) is 8.08.